The van der Waals surface area contributed by atoms with Crippen LogP contribution in [0.1, 0.15) is 27.2 Å². The SMILES string of the molecule is Cc1ccc(CN(C)C(=O)c2cnccn2)cc1C. The largest absolute Gasteiger partial charge is 0.336 e. The fourth-order valence-corrected chi connectivity index (χ4v) is 1.85. The predicted octanol–water partition coefficient (Wildman–Crippen LogP) is 2.37. The first-order chi connectivity index (χ1) is 9.08. The van der Waals surface area contributed by atoms with Gasteiger partial charge in [-0.25, -0.2) is 4.98 Å². The number of nitrogens with zero attached hydrogens (tertiary/aromatic N) is 3. The molecular weight excluding hydrogens is 238 g/mol. The molecule has 2 rings (SSSR count). The molecule has 0 fully saturated rings. The lowest BCUT2D eigenvalue weighted by molar-refractivity contribution is 0.0779. The van der Waals surface area contributed by atoms with E-state index in [-0.39, 0.29) is 5.91 Å². The van der Waals surface area contributed by atoms with Crippen molar-refractivity contribution in [1.29, 1.82) is 0 Å². The summed E-state index contributed by atoms with van der Waals surface area (Å²) < 4.78 is 0. The topological polar surface area (TPSA) is 46.1 Å². The number of amides is 1. The molecule has 98 valence electrons. The Bertz CT molecular complexity index is 581. The Balaban J connectivity index is 2.10. The van der Waals surface area contributed by atoms with Crippen LogP contribution in [0.2, 0.25) is 0 Å². The van der Waals surface area contributed by atoms with E-state index in [1.165, 1.54) is 23.5 Å². The van der Waals surface area contributed by atoms with E-state index in [9.17, 15) is 4.79 Å². The summed E-state index contributed by atoms with van der Waals surface area (Å²) in [5.41, 5.74) is 3.97. The van der Waals surface area contributed by atoms with Crippen molar-refractivity contribution in [2.45, 2.75) is 20.4 Å². The van der Waals surface area contributed by atoms with Crippen molar-refractivity contribution in [3.8, 4) is 0 Å². The molecule has 0 atom stereocenters. The van der Waals surface area contributed by atoms with Gasteiger partial charge in [0, 0.05) is 26.0 Å². The molecule has 0 saturated carbocycles. The van der Waals surface area contributed by atoms with Gasteiger partial charge in [-0.15, -0.1) is 0 Å². The lowest BCUT2D eigenvalue weighted by atomic mass is 10.1. The number of carbonyl (C=O) groups is 1. The third kappa shape index (κ3) is 3.16. The smallest absolute Gasteiger partial charge is 0.274 e. The van der Waals surface area contributed by atoms with Gasteiger partial charge in [0.25, 0.3) is 5.91 Å². The molecule has 1 amide bonds. The fourth-order valence-electron chi connectivity index (χ4n) is 1.85. The van der Waals surface area contributed by atoms with Crippen LogP contribution in [0.25, 0.3) is 0 Å². The third-order valence-electron chi connectivity index (χ3n) is 3.12. The second-order valence-corrected chi connectivity index (χ2v) is 4.67. The normalized spacial score (nSPS) is 10.3. The second-order valence-electron chi connectivity index (χ2n) is 4.67. The van der Waals surface area contributed by atoms with Crippen molar-refractivity contribution in [2.24, 2.45) is 0 Å². The molecule has 0 bridgehead atoms. The monoisotopic (exact) mass is 255 g/mol. The average molecular weight is 255 g/mol. The zero-order valence-corrected chi connectivity index (χ0v) is 11.4. The van der Waals surface area contributed by atoms with E-state index in [2.05, 4.69) is 35.9 Å². The van der Waals surface area contributed by atoms with Gasteiger partial charge in [-0.3, -0.25) is 9.78 Å². The van der Waals surface area contributed by atoms with Gasteiger partial charge in [0.2, 0.25) is 0 Å². The fraction of sp³-hybridized carbons (Fsp3) is 0.267. The van der Waals surface area contributed by atoms with Crippen LogP contribution in [0.15, 0.2) is 36.8 Å². The minimum atomic E-state index is -0.119. The summed E-state index contributed by atoms with van der Waals surface area (Å²) in [7, 11) is 1.77. The molecule has 19 heavy (non-hydrogen) atoms. The summed E-state index contributed by atoms with van der Waals surface area (Å²) in [6.45, 7) is 4.72. The number of aryl methyl sites for hydroxylation is 2. The van der Waals surface area contributed by atoms with Crippen molar-refractivity contribution in [2.75, 3.05) is 7.05 Å². The van der Waals surface area contributed by atoms with E-state index in [1.54, 1.807) is 18.1 Å². The molecule has 0 aliphatic carbocycles. The summed E-state index contributed by atoms with van der Waals surface area (Å²) in [4.78, 5) is 21.7. The Kier molecular flexibility index (Phi) is 3.90. The maximum absolute atomic E-state index is 12.1. The maximum atomic E-state index is 12.1. The molecule has 0 spiro atoms. The van der Waals surface area contributed by atoms with E-state index >= 15 is 0 Å². The van der Waals surface area contributed by atoms with Gasteiger partial charge in [-0.2, -0.15) is 0 Å². The van der Waals surface area contributed by atoms with Crippen LogP contribution in [0.3, 0.4) is 0 Å². The molecule has 0 radical (unpaired) electrons. The molecule has 0 unspecified atom stereocenters. The molecule has 4 nitrogen and oxygen atoms in total. The van der Waals surface area contributed by atoms with Crippen molar-refractivity contribution in [3.05, 3.63) is 59.2 Å². The molecule has 0 aliphatic rings. The lowest BCUT2D eigenvalue weighted by Gasteiger charge is -2.17. The molecule has 2 aromatic rings. The molecule has 1 aromatic heterocycles. The van der Waals surface area contributed by atoms with Crippen LogP contribution < -0.4 is 0 Å². The number of aromatic nitrogens is 2. The average Bonchev–Trinajstić information content (AvgIpc) is 2.43. The zero-order chi connectivity index (χ0) is 13.8. The van der Waals surface area contributed by atoms with Crippen molar-refractivity contribution >= 4 is 5.91 Å². The van der Waals surface area contributed by atoms with Gasteiger partial charge in [0.1, 0.15) is 5.69 Å². The van der Waals surface area contributed by atoms with Gasteiger partial charge >= 0.3 is 0 Å². The molecule has 0 saturated heterocycles. The molecule has 0 N–H and O–H groups in total. The van der Waals surface area contributed by atoms with Crippen LogP contribution >= 0.6 is 0 Å². The number of carbonyl (C=O) groups excluding carboxylic acids is 1. The third-order valence-corrected chi connectivity index (χ3v) is 3.12. The van der Waals surface area contributed by atoms with Gasteiger partial charge < -0.3 is 4.90 Å². The van der Waals surface area contributed by atoms with Crippen molar-refractivity contribution in [3.63, 3.8) is 0 Å². The quantitative estimate of drug-likeness (QED) is 0.845. The van der Waals surface area contributed by atoms with E-state index in [0.29, 0.717) is 12.2 Å². The number of rotatable bonds is 3. The van der Waals surface area contributed by atoms with Gasteiger partial charge in [-0.1, -0.05) is 18.2 Å². The summed E-state index contributed by atoms with van der Waals surface area (Å²) in [5.74, 6) is -0.119. The second kappa shape index (κ2) is 5.61. The minimum Gasteiger partial charge on any atom is -0.336 e. The van der Waals surface area contributed by atoms with Crippen LogP contribution in [0.4, 0.5) is 0 Å². The lowest BCUT2D eigenvalue weighted by Crippen LogP contribution is -2.27. The Hall–Kier alpha value is -2.23. The Morgan fingerprint density at radius 3 is 2.63 bits per heavy atom. The summed E-state index contributed by atoms with van der Waals surface area (Å²) >= 11 is 0. The molecule has 4 heteroatoms. The van der Waals surface area contributed by atoms with Gasteiger partial charge in [-0.05, 0) is 30.5 Å². The summed E-state index contributed by atoms with van der Waals surface area (Å²) in [6, 6.07) is 6.23. The summed E-state index contributed by atoms with van der Waals surface area (Å²) in [5, 5.41) is 0. The van der Waals surface area contributed by atoms with Crippen LogP contribution in [0, 0.1) is 13.8 Å². The highest BCUT2D eigenvalue weighted by Gasteiger charge is 2.13. The van der Waals surface area contributed by atoms with E-state index in [4.69, 9.17) is 0 Å². The van der Waals surface area contributed by atoms with Crippen molar-refractivity contribution in [1.82, 2.24) is 14.9 Å². The van der Waals surface area contributed by atoms with E-state index < -0.39 is 0 Å². The molecule has 1 aromatic carbocycles. The van der Waals surface area contributed by atoms with Crippen LogP contribution in [-0.2, 0) is 6.54 Å². The minimum absolute atomic E-state index is 0.119. The zero-order valence-electron chi connectivity index (χ0n) is 11.4. The number of hydrogen-bond acceptors (Lipinski definition) is 3. The van der Waals surface area contributed by atoms with Gasteiger partial charge in [0.05, 0.1) is 6.20 Å². The Morgan fingerprint density at radius 1 is 1.21 bits per heavy atom. The predicted molar refractivity (Wildman–Crippen MR) is 73.7 cm³/mol. The Morgan fingerprint density at radius 2 is 2.00 bits per heavy atom. The van der Waals surface area contributed by atoms with E-state index in [0.717, 1.165) is 5.56 Å². The van der Waals surface area contributed by atoms with Crippen LogP contribution in [0.5, 0.6) is 0 Å². The van der Waals surface area contributed by atoms with Gasteiger partial charge in [0.15, 0.2) is 0 Å². The van der Waals surface area contributed by atoms with Crippen molar-refractivity contribution < 1.29 is 4.79 Å². The van der Waals surface area contributed by atoms with Crippen LogP contribution in [-0.4, -0.2) is 27.8 Å². The molecular formula is C15H17N3O. The first-order valence-electron chi connectivity index (χ1n) is 6.15. The molecule has 1 heterocycles. The Labute approximate surface area is 113 Å². The maximum Gasteiger partial charge on any atom is 0.274 e. The number of hydrogen-bond donors (Lipinski definition) is 0. The standard InChI is InChI=1S/C15H17N3O/c1-11-4-5-13(8-12(11)2)10-18(3)15(19)14-9-16-6-7-17-14/h4-9H,10H2,1-3H3. The number of benzene rings is 1. The highest BCUT2D eigenvalue weighted by atomic mass is 16.2. The highest BCUT2D eigenvalue weighted by Crippen LogP contribution is 2.12. The first kappa shape index (κ1) is 13.2. The highest BCUT2D eigenvalue weighted by molar-refractivity contribution is 5.91. The first-order valence-corrected chi connectivity index (χ1v) is 6.15. The van der Waals surface area contributed by atoms with E-state index in [1.807, 2.05) is 6.07 Å². The molecule has 0 aliphatic heterocycles. The summed E-state index contributed by atoms with van der Waals surface area (Å²) in [6.07, 6.45) is 4.57.